The maximum atomic E-state index is 4.43. The van der Waals surface area contributed by atoms with Gasteiger partial charge in [-0.25, -0.2) is 0 Å². The second kappa shape index (κ2) is 11.3. The highest BCUT2D eigenvalue weighted by Crippen LogP contribution is 2.33. The maximum Gasteiger partial charge on any atom is 0.0569 e. The van der Waals surface area contributed by atoms with Gasteiger partial charge >= 0.3 is 0 Å². The van der Waals surface area contributed by atoms with Gasteiger partial charge in [-0.05, 0) is 12.5 Å². The molecule has 0 nitrogen and oxygen atoms in total. The van der Waals surface area contributed by atoms with E-state index in [2.05, 4.69) is 37.8 Å². The average Bonchev–Trinajstić information content (AvgIpc) is 2.18. The molecule has 14 heavy (non-hydrogen) atoms. The molecule has 0 bridgehead atoms. The molecule has 84 valence electrons. The molecule has 0 unspecified atom stereocenters. The van der Waals surface area contributed by atoms with Crippen molar-refractivity contribution in [2.45, 2.75) is 0 Å². The van der Waals surface area contributed by atoms with Gasteiger partial charge in [0.05, 0.1) is 8.47 Å². The topological polar surface area (TPSA) is 0 Å². The van der Waals surface area contributed by atoms with Gasteiger partial charge in [-0.3, -0.25) is 0 Å². The van der Waals surface area contributed by atoms with Crippen LogP contribution in [0.15, 0.2) is 8.47 Å². The fourth-order valence-electron chi connectivity index (χ4n) is 0.567. The summed E-state index contributed by atoms with van der Waals surface area (Å²) in [5.41, 5.74) is 0. The third kappa shape index (κ3) is 9.09. The second-order valence-electron chi connectivity index (χ2n) is 2.29. The Bertz CT molecular complexity index is 149. The number of thioether (sulfide) groups is 4. The van der Waals surface area contributed by atoms with E-state index in [0.29, 0.717) is 0 Å². The minimum Gasteiger partial charge on any atom is -0.165 e. The molecule has 0 aromatic heterocycles. The van der Waals surface area contributed by atoms with Crippen LogP contribution in [0.1, 0.15) is 0 Å². The summed E-state index contributed by atoms with van der Waals surface area (Å²) in [7, 11) is 0. The van der Waals surface area contributed by atoms with Crippen LogP contribution in [-0.4, -0.2) is 35.5 Å². The molecule has 0 aromatic rings. The van der Waals surface area contributed by atoms with Crippen molar-refractivity contribution >= 4 is 72.3 Å². The van der Waals surface area contributed by atoms with E-state index in [-0.39, 0.29) is 0 Å². The molecule has 0 saturated carbocycles. The number of thiol groups is 2. The molecule has 0 aliphatic carbocycles. The average molecular weight is 305 g/mol. The first kappa shape index (κ1) is 15.8. The molecule has 0 amide bonds. The lowest BCUT2D eigenvalue weighted by Gasteiger charge is -2.04. The van der Waals surface area contributed by atoms with Gasteiger partial charge in [0.2, 0.25) is 0 Å². The van der Waals surface area contributed by atoms with E-state index in [4.69, 9.17) is 0 Å². The highest BCUT2D eigenvalue weighted by molar-refractivity contribution is 8.21. The minimum absolute atomic E-state index is 1.06. The van der Waals surface area contributed by atoms with E-state index >= 15 is 0 Å². The first-order chi connectivity index (χ1) is 6.72. The Morgan fingerprint density at radius 1 is 0.786 bits per heavy atom. The third-order valence-corrected chi connectivity index (χ3v) is 6.58. The first-order valence-corrected chi connectivity index (χ1v) is 9.73. The molecule has 0 aliphatic heterocycles. The Labute approximate surface area is 115 Å². The summed E-state index contributed by atoms with van der Waals surface area (Å²) in [6.07, 6.45) is 4.24. The SMILES string of the molecule is CSCCS/C(S)=C(/S)SCCSC. The lowest BCUT2D eigenvalue weighted by Crippen LogP contribution is -1.84. The molecule has 0 fully saturated rings. The van der Waals surface area contributed by atoms with Gasteiger partial charge in [0.15, 0.2) is 0 Å². The molecule has 0 heterocycles. The van der Waals surface area contributed by atoms with Gasteiger partial charge in [-0.15, -0.1) is 48.8 Å². The summed E-state index contributed by atoms with van der Waals surface area (Å²) in [6.45, 7) is 0. The summed E-state index contributed by atoms with van der Waals surface area (Å²) >= 11 is 16.2. The molecule has 6 heteroatoms. The third-order valence-electron chi connectivity index (χ3n) is 1.24. The Kier molecular flexibility index (Phi) is 12.8. The summed E-state index contributed by atoms with van der Waals surface area (Å²) in [5, 5.41) is 0. The standard InChI is InChI=1S/C8H16S6/c1-11-3-5-13-7(9)8(10)14-6-4-12-2/h9-10H,3-6H2,1-2H3/b8-7-. The van der Waals surface area contributed by atoms with Crippen molar-refractivity contribution in [1.82, 2.24) is 0 Å². The van der Waals surface area contributed by atoms with Crippen LogP contribution >= 0.6 is 72.3 Å². The first-order valence-electron chi connectivity index (χ1n) is 4.08. The van der Waals surface area contributed by atoms with Gasteiger partial charge < -0.3 is 0 Å². The molecule has 0 aromatic carbocycles. The predicted octanol–water partition coefficient (Wildman–Crippen LogP) is 4.17. The molecule has 0 saturated heterocycles. The van der Waals surface area contributed by atoms with E-state index in [0.717, 1.165) is 20.0 Å². The number of rotatable bonds is 8. The van der Waals surface area contributed by atoms with Gasteiger partial charge in [-0.2, -0.15) is 23.5 Å². The van der Waals surface area contributed by atoms with Crippen molar-refractivity contribution < 1.29 is 0 Å². The lowest BCUT2D eigenvalue weighted by molar-refractivity contribution is 1.56. The maximum absolute atomic E-state index is 4.43. The fourth-order valence-corrected chi connectivity index (χ4v) is 4.49. The molecule has 0 spiro atoms. The molecular weight excluding hydrogens is 288 g/mol. The van der Waals surface area contributed by atoms with Crippen molar-refractivity contribution in [1.29, 1.82) is 0 Å². The smallest absolute Gasteiger partial charge is 0.0569 e. The Hall–Kier alpha value is 1.84. The van der Waals surface area contributed by atoms with Crippen molar-refractivity contribution in [2.75, 3.05) is 35.5 Å². The number of hydrogen-bond donors (Lipinski definition) is 2. The van der Waals surface area contributed by atoms with Crippen molar-refractivity contribution in [2.24, 2.45) is 0 Å². The summed E-state index contributed by atoms with van der Waals surface area (Å²) in [5.74, 6) is 4.58. The van der Waals surface area contributed by atoms with Crippen LogP contribution in [0.3, 0.4) is 0 Å². The van der Waals surface area contributed by atoms with Crippen LogP contribution in [0, 0.1) is 0 Å². The van der Waals surface area contributed by atoms with Crippen molar-refractivity contribution in [3.63, 3.8) is 0 Å². The second-order valence-corrected chi connectivity index (χ2v) is 7.97. The predicted molar refractivity (Wildman–Crippen MR) is 86.7 cm³/mol. The van der Waals surface area contributed by atoms with E-state index in [1.54, 1.807) is 23.5 Å². The quantitative estimate of drug-likeness (QED) is 0.510. The zero-order valence-corrected chi connectivity index (χ0v) is 13.4. The summed E-state index contributed by atoms with van der Waals surface area (Å²) < 4.78 is 2.13. The van der Waals surface area contributed by atoms with Crippen LogP contribution in [0.4, 0.5) is 0 Å². The monoisotopic (exact) mass is 304 g/mol. The van der Waals surface area contributed by atoms with Gasteiger partial charge in [0, 0.05) is 23.0 Å². The van der Waals surface area contributed by atoms with E-state index in [1.807, 2.05) is 23.5 Å². The van der Waals surface area contributed by atoms with Gasteiger partial charge in [0.25, 0.3) is 0 Å². The molecule has 0 atom stereocenters. The van der Waals surface area contributed by atoms with Crippen molar-refractivity contribution in [3.05, 3.63) is 8.47 Å². The van der Waals surface area contributed by atoms with Crippen LogP contribution < -0.4 is 0 Å². The zero-order chi connectivity index (χ0) is 10.8. The van der Waals surface area contributed by atoms with E-state index < -0.39 is 0 Å². The highest BCUT2D eigenvalue weighted by Gasteiger charge is 2.00. The molecular formula is C8H16S6. The Balaban J connectivity index is 3.66. The van der Waals surface area contributed by atoms with Crippen LogP contribution in [-0.2, 0) is 0 Å². The summed E-state index contributed by atoms with van der Waals surface area (Å²) in [6, 6.07) is 0. The van der Waals surface area contributed by atoms with E-state index in [1.165, 1.54) is 11.5 Å². The minimum atomic E-state index is 1.06. The molecule has 0 aliphatic rings. The van der Waals surface area contributed by atoms with E-state index in [9.17, 15) is 0 Å². The molecule has 0 rings (SSSR count). The van der Waals surface area contributed by atoms with Crippen LogP contribution in [0.5, 0.6) is 0 Å². The highest BCUT2D eigenvalue weighted by atomic mass is 32.2. The lowest BCUT2D eigenvalue weighted by atomic mass is 11.0. The Morgan fingerprint density at radius 2 is 1.14 bits per heavy atom. The van der Waals surface area contributed by atoms with Crippen molar-refractivity contribution in [3.8, 4) is 0 Å². The number of hydrogen-bond acceptors (Lipinski definition) is 6. The molecule has 0 radical (unpaired) electrons. The van der Waals surface area contributed by atoms with Crippen LogP contribution in [0.2, 0.25) is 0 Å². The fraction of sp³-hybridized carbons (Fsp3) is 0.750. The molecule has 0 N–H and O–H groups in total. The van der Waals surface area contributed by atoms with Crippen LogP contribution in [0.25, 0.3) is 0 Å². The summed E-state index contributed by atoms with van der Waals surface area (Å²) in [4.78, 5) is 0. The Morgan fingerprint density at radius 3 is 1.43 bits per heavy atom. The van der Waals surface area contributed by atoms with Gasteiger partial charge in [0.1, 0.15) is 0 Å². The largest absolute Gasteiger partial charge is 0.165 e. The zero-order valence-electron chi connectivity index (χ0n) is 8.36. The normalized spacial score (nSPS) is 12.9. The van der Waals surface area contributed by atoms with Gasteiger partial charge in [-0.1, -0.05) is 0 Å².